The number of nitriles is 1. The maximum absolute atomic E-state index is 11.2. The van der Waals surface area contributed by atoms with Crippen LogP contribution < -0.4 is 5.32 Å². The van der Waals surface area contributed by atoms with E-state index in [1.807, 2.05) is 0 Å². The predicted octanol–water partition coefficient (Wildman–Crippen LogP) is 0.214. The van der Waals surface area contributed by atoms with Gasteiger partial charge in [0, 0.05) is 0 Å². The van der Waals surface area contributed by atoms with Crippen molar-refractivity contribution >= 4 is 11.9 Å². The van der Waals surface area contributed by atoms with Gasteiger partial charge in [-0.3, -0.25) is 4.79 Å². The number of hydrogen-bond donors (Lipinski definition) is 1. The minimum absolute atomic E-state index is 0.0647. The molecule has 1 atom stereocenters. The Balaban J connectivity index is 4.32. The van der Waals surface area contributed by atoms with Crippen LogP contribution in [0.5, 0.6) is 0 Å². The molecule has 0 heterocycles. The minimum atomic E-state index is -0.680. The van der Waals surface area contributed by atoms with Gasteiger partial charge in [-0.1, -0.05) is 13.8 Å². The minimum Gasteiger partial charge on any atom is -0.467 e. The van der Waals surface area contributed by atoms with Gasteiger partial charge < -0.3 is 10.1 Å². The van der Waals surface area contributed by atoms with Crippen LogP contribution in [0, 0.1) is 17.2 Å². The highest BCUT2D eigenvalue weighted by molar-refractivity contribution is 5.85. The summed E-state index contributed by atoms with van der Waals surface area (Å²) in [6, 6.07) is 1.02. The standard InChI is InChI=1S/C9H14N2O3/c1-6(2)8(9(13)14-3)11-7(12)4-5-10/h6,8H,4H2,1-3H3,(H,11,12). The molecular formula is C9H14N2O3. The van der Waals surface area contributed by atoms with E-state index in [0.29, 0.717) is 0 Å². The Bertz CT molecular complexity index is 255. The van der Waals surface area contributed by atoms with Crippen molar-refractivity contribution in [1.29, 1.82) is 5.26 Å². The summed E-state index contributed by atoms with van der Waals surface area (Å²) in [6.45, 7) is 3.57. The summed E-state index contributed by atoms with van der Waals surface area (Å²) in [5, 5.41) is 10.7. The van der Waals surface area contributed by atoms with Gasteiger partial charge in [0.25, 0.3) is 0 Å². The highest BCUT2D eigenvalue weighted by Gasteiger charge is 2.24. The average molecular weight is 198 g/mol. The molecule has 1 unspecified atom stereocenters. The number of rotatable bonds is 4. The van der Waals surface area contributed by atoms with Gasteiger partial charge in [0.05, 0.1) is 13.2 Å². The van der Waals surface area contributed by atoms with Crippen molar-refractivity contribution in [3.63, 3.8) is 0 Å². The molecule has 0 fully saturated rings. The molecule has 0 saturated heterocycles. The van der Waals surface area contributed by atoms with Crippen LogP contribution in [0.4, 0.5) is 0 Å². The summed E-state index contributed by atoms with van der Waals surface area (Å²) in [6.07, 6.45) is -0.250. The Morgan fingerprint density at radius 1 is 1.50 bits per heavy atom. The van der Waals surface area contributed by atoms with E-state index in [4.69, 9.17) is 5.26 Å². The highest BCUT2D eigenvalue weighted by Crippen LogP contribution is 2.03. The van der Waals surface area contributed by atoms with Gasteiger partial charge in [0.1, 0.15) is 12.5 Å². The van der Waals surface area contributed by atoms with E-state index >= 15 is 0 Å². The molecule has 5 nitrogen and oxygen atoms in total. The lowest BCUT2D eigenvalue weighted by Crippen LogP contribution is -2.44. The summed E-state index contributed by atoms with van der Waals surface area (Å²) >= 11 is 0. The molecule has 0 aromatic heterocycles. The summed E-state index contributed by atoms with van der Waals surface area (Å²) < 4.78 is 4.52. The third kappa shape index (κ3) is 3.90. The Hall–Kier alpha value is -1.57. The van der Waals surface area contributed by atoms with Crippen molar-refractivity contribution in [3.05, 3.63) is 0 Å². The van der Waals surface area contributed by atoms with Crippen LogP contribution in [0.15, 0.2) is 0 Å². The van der Waals surface area contributed by atoms with Crippen LogP contribution in [0.3, 0.4) is 0 Å². The fraction of sp³-hybridized carbons (Fsp3) is 0.667. The van der Waals surface area contributed by atoms with Gasteiger partial charge in [0.2, 0.25) is 5.91 Å². The second kappa shape index (κ2) is 5.97. The van der Waals surface area contributed by atoms with Crippen molar-refractivity contribution in [3.8, 4) is 6.07 Å². The van der Waals surface area contributed by atoms with Crippen LogP contribution in [0.2, 0.25) is 0 Å². The first kappa shape index (κ1) is 12.4. The largest absolute Gasteiger partial charge is 0.467 e. The van der Waals surface area contributed by atoms with Crippen LogP contribution in [-0.2, 0) is 14.3 Å². The first-order valence-electron chi connectivity index (χ1n) is 4.27. The van der Waals surface area contributed by atoms with Gasteiger partial charge in [-0.15, -0.1) is 0 Å². The first-order chi connectivity index (χ1) is 6.52. The maximum Gasteiger partial charge on any atom is 0.328 e. The molecule has 0 radical (unpaired) electrons. The summed E-state index contributed by atoms with van der Waals surface area (Å²) in [5.74, 6) is -1.02. The average Bonchev–Trinajstić information content (AvgIpc) is 2.13. The van der Waals surface area contributed by atoms with Crippen LogP contribution in [0.25, 0.3) is 0 Å². The monoisotopic (exact) mass is 198 g/mol. The second-order valence-electron chi connectivity index (χ2n) is 3.15. The highest BCUT2D eigenvalue weighted by atomic mass is 16.5. The predicted molar refractivity (Wildman–Crippen MR) is 49.0 cm³/mol. The third-order valence-corrected chi connectivity index (χ3v) is 1.68. The molecule has 1 amide bonds. The van der Waals surface area contributed by atoms with Gasteiger partial charge >= 0.3 is 5.97 Å². The molecule has 0 aliphatic heterocycles. The topological polar surface area (TPSA) is 79.2 Å². The Morgan fingerprint density at radius 3 is 2.43 bits per heavy atom. The lowest BCUT2D eigenvalue weighted by atomic mass is 10.0. The molecular weight excluding hydrogens is 184 g/mol. The summed E-state index contributed by atoms with van der Waals surface area (Å²) in [4.78, 5) is 22.2. The molecule has 0 aliphatic carbocycles. The number of hydrogen-bond acceptors (Lipinski definition) is 4. The van der Waals surface area contributed by atoms with Crippen molar-refractivity contribution in [2.24, 2.45) is 5.92 Å². The molecule has 0 aliphatic rings. The van der Waals surface area contributed by atoms with Gasteiger partial charge in [-0.2, -0.15) is 5.26 Å². The number of methoxy groups -OCH3 is 1. The fourth-order valence-electron chi connectivity index (χ4n) is 0.921. The molecule has 1 N–H and O–H groups in total. The number of esters is 1. The molecule has 0 aromatic carbocycles. The van der Waals surface area contributed by atoms with E-state index in [1.165, 1.54) is 7.11 Å². The SMILES string of the molecule is COC(=O)C(NC(=O)CC#N)C(C)C. The molecule has 0 bridgehead atoms. The Kier molecular flexibility index (Phi) is 5.30. The lowest BCUT2D eigenvalue weighted by Gasteiger charge is -2.18. The molecule has 0 aromatic rings. The summed E-state index contributed by atoms with van der Waals surface area (Å²) in [5.41, 5.74) is 0. The summed E-state index contributed by atoms with van der Waals surface area (Å²) in [7, 11) is 1.26. The van der Waals surface area contributed by atoms with Crippen LogP contribution in [0.1, 0.15) is 20.3 Å². The molecule has 14 heavy (non-hydrogen) atoms. The maximum atomic E-state index is 11.2. The van der Waals surface area contributed by atoms with E-state index < -0.39 is 17.9 Å². The third-order valence-electron chi connectivity index (χ3n) is 1.68. The Labute approximate surface area is 83.0 Å². The zero-order valence-electron chi connectivity index (χ0n) is 8.53. The number of ether oxygens (including phenoxy) is 1. The number of nitrogens with one attached hydrogen (secondary N) is 1. The van der Waals surface area contributed by atoms with Crippen molar-refractivity contribution in [1.82, 2.24) is 5.32 Å². The van der Waals surface area contributed by atoms with E-state index in [9.17, 15) is 9.59 Å². The molecule has 0 rings (SSSR count). The van der Waals surface area contributed by atoms with Crippen molar-refractivity contribution in [2.75, 3.05) is 7.11 Å². The van der Waals surface area contributed by atoms with E-state index in [2.05, 4.69) is 10.1 Å². The molecule has 0 saturated carbocycles. The smallest absolute Gasteiger partial charge is 0.328 e. The quantitative estimate of drug-likeness (QED) is 0.655. The zero-order chi connectivity index (χ0) is 11.1. The zero-order valence-corrected chi connectivity index (χ0v) is 8.53. The van der Waals surface area contributed by atoms with Gasteiger partial charge in [-0.25, -0.2) is 4.79 Å². The Morgan fingerprint density at radius 2 is 2.07 bits per heavy atom. The fourth-order valence-corrected chi connectivity index (χ4v) is 0.921. The molecule has 78 valence electrons. The van der Waals surface area contributed by atoms with E-state index in [1.54, 1.807) is 19.9 Å². The number of nitrogens with zero attached hydrogens (tertiary/aromatic N) is 1. The van der Waals surface area contributed by atoms with Gasteiger partial charge in [0.15, 0.2) is 0 Å². The number of carbonyl (C=O) groups excluding carboxylic acids is 2. The molecule has 5 heteroatoms. The van der Waals surface area contributed by atoms with Gasteiger partial charge in [-0.05, 0) is 5.92 Å². The number of carbonyl (C=O) groups is 2. The second-order valence-corrected chi connectivity index (χ2v) is 3.15. The van der Waals surface area contributed by atoms with E-state index in [0.717, 1.165) is 0 Å². The lowest BCUT2D eigenvalue weighted by molar-refractivity contribution is -0.146. The van der Waals surface area contributed by atoms with E-state index in [-0.39, 0.29) is 12.3 Å². The number of amides is 1. The van der Waals surface area contributed by atoms with Crippen molar-refractivity contribution < 1.29 is 14.3 Å². The van der Waals surface area contributed by atoms with Crippen LogP contribution >= 0.6 is 0 Å². The normalized spacial score (nSPS) is 11.6. The van der Waals surface area contributed by atoms with Crippen molar-refractivity contribution in [2.45, 2.75) is 26.3 Å². The first-order valence-corrected chi connectivity index (χ1v) is 4.27. The van der Waals surface area contributed by atoms with Crippen LogP contribution in [-0.4, -0.2) is 25.0 Å². The molecule has 0 spiro atoms.